The molecule has 9 aromatic rings. The highest BCUT2D eigenvalue weighted by Gasteiger charge is 2.47. The van der Waals surface area contributed by atoms with E-state index >= 15 is 0 Å². The molecule has 0 bridgehead atoms. The highest BCUT2D eigenvalue weighted by molar-refractivity contribution is 6.89. The highest BCUT2D eigenvalue weighted by Crippen LogP contribution is 2.55. The first-order valence-corrected chi connectivity index (χ1v) is 16.6. The fourth-order valence-electron chi connectivity index (χ4n) is 9.68. The van der Waals surface area contributed by atoms with E-state index in [-0.39, 0.29) is 12.3 Å². The third-order valence-electron chi connectivity index (χ3n) is 11.5. The molecular weight excluding hydrogens is 571 g/mol. The van der Waals surface area contributed by atoms with Crippen molar-refractivity contribution in [2.75, 3.05) is 0 Å². The molecule has 47 heavy (non-hydrogen) atoms. The quantitative estimate of drug-likeness (QED) is 0.173. The number of furan rings is 1. The van der Waals surface area contributed by atoms with Crippen LogP contribution in [0.1, 0.15) is 25.0 Å². The van der Waals surface area contributed by atoms with Gasteiger partial charge in [0.25, 0.3) is 0 Å². The van der Waals surface area contributed by atoms with Crippen LogP contribution in [0.5, 0.6) is 0 Å². The minimum Gasteiger partial charge on any atom is -0.439 e. The Hall–Kier alpha value is -5.74. The first-order valence-electron chi connectivity index (χ1n) is 16.6. The predicted octanol–water partition coefficient (Wildman–Crippen LogP) is 9.41. The molecule has 0 saturated carbocycles. The van der Waals surface area contributed by atoms with Crippen LogP contribution in [0.2, 0.25) is 0 Å². The van der Waals surface area contributed by atoms with Crippen molar-refractivity contribution in [3.63, 3.8) is 0 Å². The van der Waals surface area contributed by atoms with Crippen molar-refractivity contribution in [3.05, 3.63) is 139 Å². The summed E-state index contributed by atoms with van der Waals surface area (Å²) in [6.45, 7) is 4.84. The summed E-state index contributed by atoms with van der Waals surface area (Å²) in [6.07, 6.45) is 0. The average molecular weight is 599 g/mol. The van der Waals surface area contributed by atoms with Crippen LogP contribution in [0.15, 0.2) is 132 Å². The van der Waals surface area contributed by atoms with Crippen LogP contribution in [0.3, 0.4) is 0 Å². The molecule has 2 aliphatic heterocycles. The van der Waals surface area contributed by atoms with E-state index in [2.05, 4.69) is 150 Å². The lowest BCUT2D eigenvalue weighted by atomic mass is 9.45. The molecule has 12 rings (SSSR count). The molecule has 0 unspecified atom stereocenters. The van der Waals surface area contributed by atoms with Crippen LogP contribution in [-0.4, -0.2) is 15.9 Å². The van der Waals surface area contributed by atoms with Crippen LogP contribution in [0.25, 0.3) is 83.1 Å². The van der Waals surface area contributed by atoms with Crippen LogP contribution in [-0.2, 0) is 5.41 Å². The number of benzene rings is 6. The van der Waals surface area contributed by atoms with Gasteiger partial charge in [0.2, 0.25) is 5.71 Å². The van der Waals surface area contributed by atoms with Gasteiger partial charge in [0, 0.05) is 49.6 Å². The van der Waals surface area contributed by atoms with Crippen molar-refractivity contribution in [2.45, 2.75) is 19.3 Å². The lowest BCUT2D eigenvalue weighted by Crippen LogP contribution is -2.55. The number of aromatic nitrogens is 2. The third-order valence-corrected chi connectivity index (χ3v) is 11.5. The average Bonchev–Trinajstić information content (AvgIpc) is 3.82. The van der Waals surface area contributed by atoms with E-state index in [1.54, 1.807) is 0 Å². The van der Waals surface area contributed by atoms with E-state index in [9.17, 15) is 0 Å². The molecule has 1 aliphatic carbocycles. The fraction of sp³-hybridized carbons (Fsp3) is 0.0698. The topological polar surface area (TPSA) is 23.0 Å². The molecule has 0 saturated heterocycles. The Balaban J connectivity index is 1.33. The minimum atomic E-state index is -0.109. The summed E-state index contributed by atoms with van der Waals surface area (Å²) < 4.78 is 11.9. The van der Waals surface area contributed by atoms with Crippen molar-refractivity contribution in [2.24, 2.45) is 0 Å². The van der Waals surface area contributed by atoms with Crippen LogP contribution < -0.4 is 10.9 Å². The molecule has 0 N–H and O–H groups in total. The predicted molar refractivity (Wildman–Crippen MR) is 195 cm³/mol. The molecule has 0 radical (unpaired) electrons. The first-order chi connectivity index (χ1) is 23.1. The van der Waals surface area contributed by atoms with Gasteiger partial charge in [0.05, 0.1) is 10.9 Å². The number of nitrogens with zero attached hydrogens (tertiary/aromatic N) is 2. The smallest absolute Gasteiger partial charge is 0.333 e. The summed E-state index contributed by atoms with van der Waals surface area (Å²) in [7, 11) is 0. The van der Waals surface area contributed by atoms with Gasteiger partial charge in [-0.3, -0.25) is 4.57 Å². The van der Waals surface area contributed by atoms with Crippen molar-refractivity contribution < 1.29 is 4.42 Å². The molecule has 5 heterocycles. The van der Waals surface area contributed by atoms with E-state index in [1.165, 1.54) is 93.8 Å². The number of para-hydroxylation sites is 3. The molecule has 218 valence electrons. The molecule has 0 spiro atoms. The van der Waals surface area contributed by atoms with Gasteiger partial charge in [-0.25, -0.2) is 0 Å². The van der Waals surface area contributed by atoms with Crippen LogP contribution >= 0.6 is 0 Å². The Morgan fingerprint density at radius 3 is 2.28 bits per heavy atom. The summed E-state index contributed by atoms with van der Waals surface area (Å²) in [5.41, 5.74) is 18.9. The van der Waals surface area contributed by atoms with Crippen molar-refractivity contribution in [3.8, 4) is 39.2 Å². The second-order valence-electron chi connectivity index (χ2n) is 14.0. The number of hydrogen-bond acceptors (Lipinski definition) is 1. The summed E-state index contributed by atoms with van der Waals surface area (Å²) in [5, 5.41) is 4.98. The lowest BCUT2D eigenvalue weighted by molar-refractivity contribution is 0.645. The molecule has 0 atom stereocenters. The lowest BCUT2D eigenvalue weighted by Gasteiger charge is -2.34. The standard InChI is InChI=1S/C43H27BN2O/c1-43(2)32-19-8-6-14-27(32)41-37(43)30-18-10-16-26-31-22-25(24-12-4-3-5-13-24)23-34-38(31)44(46(41)39(26)30)33-20-11-17-29-36-28-15-7-9-21-35(28)47-42(36)45(34)40(29)33/h3-23H,1-2H3. The summed E-state index contributed by atoms with van der Waals surface area (Å²) in [4.78, 5) is 0. The van der Waals surface area contributed by atoms with Gasteiger partial charge in [-0.1, -0.05) is 123 Å². The summed E-state index contributed by atoms with van der Waals surface area (Å²) >= 11 is 0. The van der Waals surface area contributed by atoms with Gasteiger partial charge in [-0.2, -0.15) is 0 Å². The second-order valence-corrected chi connectivity index (χ2v) is 14.0. The number of hydrogen-bond donors (Lipinski definition) is 0. The largest absolute Gasteiger partial charge is 0.439 e. The van der Waals surface area contributed by atoms with Gasteiger partial charge < -0.3 is 8.90 Å². The van der Waals surface area contributed by atoms with Crippen molar-refractivity contribution >= 4 is 61.6 Å². The third kappa shape index (κ3) is 2.68. The van der Waals surface area contributed by atoms with Gasteiger partial charge >= 0.3 is 6.85 Å². The Morgan fingerprint density at radius 1 is 0.617 bits per heavy atom. The SMILES string of the molecule is CC1(C)c2ccccc2-c2c1c1cccc3c1n2B1c2c-3cc(-c3ccccc3)cc2-n2c3oc4ccccc4c3c3cccc1c32. The number of fused-ring (bicyclic) bond motifs is 14. The first kappa shape index (κ1) is 24.5. The molecule has 6 aromatic carbocycles. The Labute approximate surface area is 271 Å². The zero-order valence-corrected chi connectivity index (χ0v) is 26.0. The zero-order valence-electron chi connectivity index (χ0n) is 26.0. The maximum absolute atomic E-state index is 6.79. The molecule has 3 aromatic heterocycles. The molecule has 0 fully saturated rings. The molecule has 4 heteroatoms. The van der Waals surface area contributed by atoms with Gasteiger partial charge in [0.15, 0.2) is 0 Å². The van der Waals surface area contributed by atoms with E-state index in [0.717, 1.165) is 11.3 Å². The highest BCUT2D eigenvalue weighted by atomic mass is 16.3. The molecule has 3 aliphatic rings. The van der Waals surface area contributed by atoms with E-state index in [1.807, 2.05) is 0 Å². The summed E-state index contributed by atoms with van der Waals surface area (Å²) in [5.74, 6) is 0. The van der Waals surface area contributed by atoms with E-state index in [4.69, 9.17) is 4.42 Å². The maximum atomic E-state index is 6.79. The maximum Gasteiger partial charge on any atom is 0.333 e. The monoisotopic (exact) mass is 598 g/mol. The molecule has 0 amide bonds. The van der Waals surface area contributed by atoms with Crippen molar-refractivity contribution in [1.82, 2.24) is 9.05 Å². The fourth-order valence-corrected chi connectivity index (χ4v) is 9.68. The number of rotatable bonds is 1. The molecule has 3 nitrogen and oxygen atoms in total. The second kappa shape index (κ2) is 7.97. The van der Waals surface area contributed by atoms with Crippen LogP contribution in [0.4, 0.5) is 0 Å². The normalized spacial score (nSPS) is 14.7. The molecular formula is C43H27BN2O. The van der Waals surface area contributed by atoms with E-state index in [0.29, 0.717) is 0 Å². The minimum absolute atomic E-state index is 0.0226. The van der Waals surface area contributed by atoms with E-state index < -0.39 is 0 Å². The van der Waals surface area contributed by atoms with Crippen molar-refractivity contribution in [1.29, 1.82) is 0 Å². The zero-order chi connectivity index (χ0) is 30.8. The van der Waals surface area contributed by atoms with Crippen LogP contribution in [0, 0.1) is 0 Å². The van der Waals surface area contributed by atoms with Gasteiger partial charge in [-0.05, 0) is 56.9 Å². The summed E-state index contributed by atoms with van der Waals surface area (Å²) in [6, 6.07) is 47.1. The van der Waals surface area contributed by atoms with Gasteiger partial charge in [0.1, 0.15) is 5.58 Å². The van der Waals surface area contributed by atoms with Gasteiger partial charge in [-0.15, -0.1) is 0 Å². The Bertz CT molecular complexity index is 2880. The Kier molecular flexibility index (Phi) is 4.15. The Morgan fingerprint density at radius 2 is 1.36 bits per heavy atom.